The smallest absolute Gasteiger partial charge is 0.258 e. The number of carbonyl (C=O) groups excluding carboxylic acids is 1. The highest BCUT2D eigenvalue weighted by molar-refractivity contribution is 5.99. The van der Waals surface area contributed by atoms with E-state index in [9.17, 15) is 4.79 Å². The van der Waals surface area contributed by atoms with Gasteiger partial charge in [0.15, 0.2) is 12.4 Å². The van der Waals surface area contributed by atoms with Gasteiger partial charge >= 0.3 is 0 Å². The van der Waals surface area contributed by atoms with Gasteiger partial charge in [0.25, 0.3) is 5.91 Å². The zero-order chi connectivity index (χ0) is 15.2. The van der Waals surface area contributed by atoms with Crippen LogP contribution >= 0.6 is 0 Å². The van der Waals surface area contributed by atoms with E-state index in [1.54, 1.807) is 24.3 Å². The molecule has 1 aromatic carbocycles. The molecule has 1 saturated carbocycles. The van der Waals surface area contributed by atoms with Crippen molar-refractivity contribution in [3.8, 4) is 5.75 Å². The van der Waals surface area contributed by atoms with E-state index in [-0.39, 0.29) is 18.3 Å². The Hall–Kier alpha value is -2.24. The van der Waals surface area contributed by atoms with Gasteiger partial charge < -0.3 is 21.0 Å². The molecule has 114 valence electrons. The van der Waals surface area contributed by atoms with Crippen LogP contribution in [0.2, 0.25) is 0 Å². The van der Waals surface area contributed by atoms with Gasteiger partial charge in [0.2, 0.25) is 0 Å². The van der Waals surface area contributed by atoms with E-state index >= 15 is 0 Å². The van der Waals surface area contributed by atoms with Gasteiger partial charge in [-0.25, -0.2) is 0 Å². The molecular formula is C15H21N3O3. The van der Waals surface area contributed by atoms with Gasteiger partial charge in [0.05, 0.1) is 5.56 Å². The first-order valence-corrected chi connectivity index (χ1v) is 7.14. The monoisotopic (exact) mass is 291 g/mol. The molecule has 6 nitrogen and oxygen atoms in total. The van der Waals surface area contributed by atoms with Gasteiger partial charge in [-0.05, 0) is 30.9 Å². The molecule has 4 N–H and O–H groups in total. The van der Waals surface area contributed by atoms with E-state index in [1.807, 2.05) is 0 Å². The van der Waals surface area contributed by atoms with Crippen molar-refractivity contribution >= 4 is 11.7 Å². The molecule has 6 heteroatoms. The van der Waals surface area contributed by atoms with E-state index in [0.29, 0.717) is 23.3 Å². The molecule has 1 aliphatic rings. The second-order valence-corrected chi connectivity index (χ2v) is 5.23. The van der Waals surface area contributed by atoms with Gasteiger partial charge in [-0.2, -0.15) is 0 Å². The third-order valence-corrected chi connectivity index (χ3v) is 3.56. The van der Waals surface area contributed by atoms with E-state index in [2.05, 4.69) is 17.4 Å². The lowest BCUT2D eigenvalue weighted by Crippen LogP contribution is -2.32. The average Bonchev–Trinajstić information content (AvgIpc) is 3.22. The van der Waals surface area contributed by atoms with Crippen LogP contribution in [0.15, 0.2) is 29.4 Å². The predicted octanol–water partition coefficient (Wildman–Crippen LogP) is 1.46. The van der Waals surface area contributed by atoms with E-state index in [4.69, 9.17) is 15.7 Å². The van der Waals surface area contributed by atoms with Crippen molar-refractivity contribution < 1.29 is 14.7 Å². The number of rotatable bonds is 7. The minimum Gasteiger partial charge on any atom is -0.483 e. The first-order valence-electron chi connectivity index (χ1n) is 7.14. The third kappa shape index (κ3) is 4.11. The van der Waals surface area contributed by atoms with Gasteiger partial charge in [0.1, 0.15) is 5.75 Å². The molecule has 2 atom stereocenters. The summed E-state index contributed by atoms with van der Waals surface area (Å²) in [7, 11) is 0. The fourth-order valence-electron chi connectivity index (χ4n) is 2.36. The summed E-state index contributed by atoms with van der Waals surface area (Å²) in [6.45, 7) is 2.06. The minimum atomic E-state index is -0.145. The Labute approximate surface area is 124 Å². The number of hydrogen-bond donors (Lipinski definition) is 3. The van der Waals surface area contributed by atoms with Crippen LogP contribution in [0.25, 0.3) is 0 Å². The number of nitrogens with one attached hydrogen (secondary N) is 1. The normalized spacial score (nSPS) is 20.9. The number of nitrogens with two attached hydrogens (primary N) is 1. The first kappa shape index (κ1) is 15.2. The maximum Gasteiger partial charge on any atom is 0.258 e. The highest BCUT2D eigenvalue weighted by Gasteiger charge is 2.37. The van der Waals surface area contributed by atoms with E-state index in [1.165, 1.54) is 0 Å². The van der Waals surface area contributed by atoms with Gasteiger partial charge in [-0.3, -0.25) is 4.79 Å². The van der Waals surface area contributed by atoms with Gasteiger partial charge in [0, 0.05) is 6.04 Å². The summed E-state index contributed by atoms with van der Waals surface area (Å²) in [5.74, 6) is 0.844. The van der Waals surface area contributed by atoms with Crippen molar-refractivity contribution in [2.45, 2.75) is 32.2 Å². The van der Waals surface area contributed by atoms with Crippen molar-refractivity contribution in [2.24, 2.45) is 16.8 Å². The van der Waals surface area contributed by atoms with Crippen molar-refractivity contribution in [1.29, 1.82) is 0 Å². The fourth-order valence-corrected chi connectivity index (χ4v) is 2.36. The Morgan fingerprint density at radius 1 is 1.52 bits per heavy atom. The molecule has 0 saturated heterocycles. The number of amidine groups is 1. The van der Waals surface area contributed by atoms with Crippen LogP contribution in [0.3, 0.4) is 0 Å². The molecule has 21 heavy (non-hydrogen) atoms. The second-order valence-electron chi connectivity index (χ2n) is 5.23. The number of benzene rings is 1. The summed E-state index contributed by atoms with van der Waals surface area (Å²) in [5, 5.41) is 14.6. The fraction of sp³-hybridized carbons (Fsp3) is 0.467. The van der Waals surface area contributed by atoms with E-state index < -0.39 is 0 Å². The Bertz CT molecular complexity index is 531. The number of ether oxygens (including phenoxy) is 1. The van der Waals surface area contributed by atoms with Crippen LogP contribution < -0.4 is 15.8 Å². The summed E-state index contributed by atoms with van der Waals surface area (Å²) in [4.78, 5) is 11.8. The number of nitrogens with zero attached hydrogens (tertiary/aromatic N) is 1. The van der Waals surface area contributed by atoms with Crippen molar-refractivity contribution in [3.63, 3.8) is 0 Å². The molecule has 2 rings (SSSR count). The van der Waals surface area contributed by atoms with E-state index in [0.717, 1.165) is 19.3 Å². The molecule has 0 bridgehead atoms. The van der Waals surface area contributed by atoms with Crippen LogP contribution in [-0.2, 0) is 4.79 Å². The van der Waals surface area contributed by atoms with Crippen LogP contribution in [0.4, 0.5) is 0 Å². The third-order valence-electron chi connectivity index (χ3n) is 3.56. The zero-order valence-corrected chi connectivity index (χ0v) is 12.1. The summed E-state index contributed by atoms with van der Waals surface area (Å²) >= 11 is 0. The van der Waals surface area contributed by atoms with Crippen LogP contribution in [0, 0.1) is 5.92 Å². The standard InChI is InChI=1S/C15H21N3O3/c1-2-5-10-8-12(10)17-14(19)9-21-13-7-4-3-6-11(13)15(16)18-20/h3-4,6-7,10,12,20H,2,5,8-9H2,1H3,(H2,16,18)(H,17,19). The maximum absolute atomic E-state index is 11.8. The average molecular weight is 291 g/mol. The van der Waals surface area contributed by atoms with Crippen molar-refractivity contribution in [1.82, 2.24) is 5.32 Å². The molecule has 0 spiro atoms. The molecule has 1 aliphatic carbocycles. The molecule has 0 aliphatic heterocycles. The Kier molecular flexibility index (Phi) is 5.03. The summed E-state index contributed by atoms with van der Waals surface area (Å²) in [6, 6.07) is 7.15. The summed E-state index contributed by atoms with van der Waals surface area (Å²) < 4.78 is 5.46. The summed E-state index contributed by atoms with van der Waals surface area (Å²) in [6.07, 6.45) is 3.35. The SMILES string of the molecule is CCCC1CC1NC(=O)COc1ccccc1/C(N)=N/O. The number of carbonyl (C=O) groups is 1. The van der Waals surface area contributed by atoms with Crippen molar-refractivity contribution in [3.05, 3.63) is 29.8 Å². The zero-order valence-electron chi connectivity index (χ0n) is 12.1. The van der Waals surface area contributed by atoms with Crippen molar-refractivity contribution in [2.75, 3.05) is 6.61 Å². The van der Waals surface area contributed by atoms with Crippen LogP contribution in [-0.4, -0.2) is 29.6 Å². The lowest BCUT2D eigenvalue weighted by Gasteiger charge is -2.10. The molecule has 1 fully saturated rings. The van der Waals surface area contributed by atoms with Crippen LogP contribution in [0.1, 0.15) is 31.7 Å². The highest BCUT2D eigenvalue weighted by atomic mass is 16.5. The highest BCUT2D eigenvalue weighted by Crippen LogP contribution is 2.34. The Balaban J connectivity index is 1.85. The summed E-state index contributed by atoms with van der Waals surface area (Å²) in [5.41, 5.74) is 6.02. The molecule has 2 unspecified atom stereocenters. The molecule has 0 radical (unpaired) electrons. The minimum absolute atomic E-state index is 0.0452. The number of amides is 1. The topological polar surface area (TPSA) is 96.9 Å². The lowest BCUT2D eigenvalue weighted by molar-refractivity contribution is -0.123. The van der Waals surface area contributed by atoms with Gasteiger partial charge in [-0.1, -0.05) is 30.6 Å². The number of oxime groups is 1. The molecule has 1 amide bonds. The first-order chi connectivity index (χ1) is 10.2. The molecule has 0 heterocycles. The number of para-hydroxylation sites is 1. The Morgan fingerprint density at radius 2 is 2.29 bits per heavy atom. The number of hydrogen-bond acceptors (Lipinski definition) is 4. The molecular weight excluding hydrogens is 270 g/mol. The molecule has 1 aromatic rings. The lowest BCUT2D eigenvalue weighted by atomic mass is 10.2. The largest absolute Gasteiger partial charge is 0.483 e. The maximum atomic E-state index is 11.8. The Morgan fingerprint density at radius 3 is 3.00 bits per heavy atom. The second kappa shape index (κ2) is 6.97. The predicted molar refractivity (Wildman–Crippen MR) is 79.4 cm³/mol. The molecule has 0 aromatic heterocycles. The van der Waals surface area contributed by atoms with Gasteiger partial charge in [-0.15, -0.1) is 0 Å². The van der Waals surface area contributed by atoms with Crippen LogP contribution in [0.5, 0.6) is 5.75 Å². The quantitative estimate of drug-likeness (QED) is 0.307.